The number of carbonyl (C=O) groups excluding carboxylic acids is 1. The third-order valence-corrected chi connectivity index (χ3v) is 4.17. The molecule has 20 heavy (non-hydrogen) atoms. The van der Waals surface area contributed by atoms with Gasteiger partial charge in [0.05, 0.1) is 0 Å². The lowest BCUT2D eigenvalue weighted by Gasteiger charge is -2.33. The topological polar surface area (TPSA) is 44.4 Å². The summed E-state index contributed by atoms with van der Waals surface area (Å²) < 4.78 is 0. The number of amides is 1. The Morgan fingerprint density at radius 2 is 2.00 bits per heavy atom. The molecule has 1 aromatic rings. The zero-order chi connectivity index (χ0) is 14.5. The van der Waals surface area contributed by atoms with Crippen LogP contribution in [0.5, 0.6) is 0 Å². The molecule has 2 rings (SSSR count). The second kappa shape index (κ2) is 6.75. The van der Waals surface area contributed by atoms with E-state index in [4.69, 9.17) is 0 Å². The summed E-state index contributed by atoms with van der Waals surface area (Å²) in [7, 11) is 3.69. The van der Waals surface area contributed by atoms with Gasteiger partial charge in [0.1, 0.15) is 0 Å². The number of nitrogens with zero attached hydrogens (tertiary/aromatic N) is 1. The smallest absolute Gasteiger partial charge is 0.222 e. The van der Waals surface area contributed by atoms with Crippen molar-refractivity contribution in [3.8, 4) is 0 Å². The molecule has 4 nitrogen and oxygen atoms in total. The van der Waals surface area contributed by atoms with Crippen molar-refractivity contribution in [3.63, 3.8) is 0 Å². The van der Waals surface area contributed by atoms with Gasteiger partial charge in [-0.1, -0.05) is 6.07 Å². The van der Waals surface area contributed by atoms with E-state index in [1.54, 1.807) is 7.05 Å². The summed E-state index contributed by atoms with van der Waals surface area (Å²) in [6, 6.07) is 6.65. The van der Waals surface area contributed by atoms with E-state index >= 15 is 0 Å². The van der Waals surface area contributed by atoms with Gasteiger partial charge in [0.15, 0.2) is 0 Å². The van der Waals surface area contributed by atoms with Crippen LogP contribution in [0.1, 0.15) is 24.0 Å². The Morgan fingerprint density at radius 3 is 2.55 bits per heavy atom. The lowest BCUT2D eigenvalue weighted by molar-refractivity contribution is -0.125. The zero-order valence-electron chi connectivity index (χ0n) is 12.7. The first-order valence-corrected chi connectivity index (χ1v) is 7.36. The van der Waals surface area contributed by atoms with Crippen molar-refractivity contribution >= 4 is 11.6 Å². The average Bonchev–Trinajstić information content (AvgIpc) is 2.49. The average molecular weight is 275 g/mol. The fraction of sp³-hybridized carbons (Fsp3) is 0.562. The number of anilines is 1. The van der Waals surface area contributed by atoms with Gasteiger partial charge in [-0.3, -0.25) is 4.79 Å². The molecule has 1 aliphatic rings. The molecule has 4 heteroatoms. The van der Waals surface area contributed by atoms with Crippen LogP contribution >= 0.6 is 0 Å². The molecule has 1 saturated heterocycles. The number of hydrogen-bond acceptors (Lipinski definition) is 3. The van der Waals surface area contributed by atoms with Gasteiger partial charge < -0.3 is 15.5 Å². The van der Waals surface area contributed by atoms with Crippen LogP contribution in [0.4, 0.5) is 5.69 Å². The summed E-state index contributed by atoms with van der Waals surface area (Å²) in [4.78, 5) is 14.0. The quantitative estimate of drug-likeness (QED) is 0.878. The van der Waals surface area contributed by atoms with Crippen LogP contribution in [0.3, 0.4) is 0 Å². The highest BCUT2D eigenvalue weighted by molar-refractivity contribution is 5.78. The van der Waals surface area contributed by atoms with E-state index in [2.05, 4.69) is 40.7 Å². The van der Waals surface area contributed by atoms with Crippen LogP contribution in [0.25, 0.3) is 0 Å². The first-order valence-electron chi connectivity index (χ1n) is 7.36. The number of rotatable bonds is 4. The van der Waals surface area contributed by atoms with Crippen LogP contribution in [0, 0.1) is 12.8 Å². The second-order valence-electron chi connectivity index (χ2n) is 5.52. The molecule has 0 aliphatic carbocycles. The summed E-state index contributed by atoms with van der Waals surface area (Å²) in [5, 5.41) is 5.95. The molecule has 1 heterocycles. The summed E-state index contributed by atoms with van der Waals surface area (Å²) in [6.45, 7) is 4.99. The minimum absolute atomic E-state index is 0.181. The molecule has 1 aliphatic heterocycles. The molecule has 2 N–H and O–H groups in total. The highest BCUT2D eigenvalue weighted by Crippen LogP contribution is 2.25. The Kier molecular flexibility index (Phi) is 5.01. The highest BCUT2D eigenvalue weighted by Gasteiger charge is 2.24. The summed E-state index contributed by atoms with van der Waals surface area (Å²) >= 11 is 0. The van der Waals surface area contributed by atoms with Crippen LogP contribution in [0.15, 0.2) is 18.2 Å². The first-order chi connectivity index (χ1) is 9.65. The number of piperidine rings is 1. The summed E-state index contributed by atoms with van der Waals surface area (Å²) in [5.74, 6) is 0.367. The predicted molar refractivity (Wildman–Crippen MR) is 82.9 cm³/mol. The normalized spacial score (nSPS) is 16.2. The van der Waals surface area contributed by atoms with Gasteiger partial charge in [-0.25, -0.2) is 0 Å². The molecule has 0 atom stereocenters. The number of carbonyl (C=O) groups is 1. The monoisotopic (exact) mass is 275 g/mol. The molecule has 110 valence electrons. The van der Waals surface area contributed by atoms with Crippen LogP contribution < -0.4 is 15.5 Å². The van der Waals surface area contributed by atoms with Crippen molar-refractivity contribution in [1.82, 2.24) is 10.6 Å². The Balaban J connectivity index is 2.00. The van der Waals surface area contributed by atoms with E-state index < -0.39 is 0 Å². The van der Waals surface area contributed by atoms with Crippen LogP contribution in [0.2, 0.25) is 0 Å². The molecule has 1 aromatic carbocycles. The fourth-order valence-corrected chi connectivity index (χ4v) is 2.87. The van der Waals surface area contributed by atoms with Gasteiger partial charge >= 0.3 is 0 Å². The van der Waals surface area contributed by atoms with E-state index in [1.165, 1.54) is 16.8 Å². The Labute approximate surface area is 121 Å². The van der Waals surface area contributed by atoms with Crippen molar-refractivity contribution in [3.05, 3.63) is 29.3 Å². The standard InChI is InChI=1S/C16H25N3O/c1-12-10-15(5-4-14(12)11-17-2)19-8-6-13(7-9-19)16(20)18-3/h4-5,10,13,17H,6-9,11H2,1-3H3,(H,18,20). The fourth-order valence-electron chi connectivity index (χ4n) is 2.87. The third kappa shape index (κ3) is 3.31. The van der Waals surface area contributed by atoms with E-state index in [0.717, 1.165) is 32.5 Å². The molecule has 0 aromatic heterocycles. The number of hydrogen-bond donors (Lipinski definition) is 2. The predicted octanol–water partition coefficient (Wildman–Crippen LogP) is 1.68. The highest BCUT2D eigenvalue weighted by atomic mass is 16.1. The number of aryl methyl sites for hydroxylation is 1. The lowest BCUT2D eigenvalue weighted by Crippen LogP contribution is -2.39. The van der Waals surface area contributed by atoms with Gasteiger partial charge in [0.25, 0.3) is 0 Å². The second-order valence-corrected chi connectivity index (χ2v) is 5.52. The van der Waals surface area contributed by atoms with E-state index in [0.29, 0.717) is 0 Å². The molecular weight excluding hydrogens is 250 g/mol. The van der Waals surface area contributed by atoms with Gasteiger partial charge in [-0.15, -0.1) is 0 Å². The SMILES string of the molecule is CNCc1ccc(N2CCC(C(=O)NC)CC2)cc1C. The van der Waals surface area contributed by atoms with Crippen molar-refractivity contribution in [2.24, 2.45) is 5.92 Å². The van der Waals surface area contributed by atoms with E-state index in [-0.39, 0.29) is 11.8 Å². The molecular formula is C16H25N3O. The van der Waals surface area contributed by atoms with Gasteiger partial charge in [0.2, 0.25) is 5.91 Å². The zero-order valence-corrected chi connectivity index (χ0v) is 12.7. The largest absolute Gasteiger partial charge is 0.371 e. The first kappa shape index (κ1) is 14.9. The molecule has 0 spiro atoms. The number of nitrogens with one attached hydrogen (secondary N) is 2. The van der Waals surface area contributed by atoms with Crippen molar-refractivity contribution in [2.75, 3.05) is 32.1 Å². The molecule has 0 radical (unpaired) electrons. The minimum Gasteiger partial charge on any atom is -0.371 e. The van der Waals surface area contributed by atoms with Crippen LogP contribution in [-0.2, 0) is 11.3 Å². The van der Waals surface area contributed by atoms with E-state index in [1.807, 2.05) is 7.05 Å². The molecule has 0 unspecified atom stereocenters. The van der Waals surface area contributed by atoms with Gasteiger partial charge in [-0.05, 0) is 50.1 Å². The van der Waals surface area contributed by atoms with E-state index in [9.17, 15) is 4.79 Å². The van der Waals surface area contributed by atoms with Crippen molar-refractivity contribution in [1.29, 1.82) is 0 Å². The maximum atomic E-state index is 11.6. The maximum absolute atomic E-state index is 11.6. The number of benzene rings is 1. The molecule has 0 saturated carbocycles. The summed E-state index contributed by atoms with van der Waals surface area (Å²) in [5.41, 5.74) is 3.94. The molecule has 0 bridgehead atoms. The Hall–Kier alpha value is -1.55. The molecule has 1 amide bonds. The third-order valence-electron chi connectivity index (χ3n) is 4.17. The maximum Gasteiger partial charge on any atom is 0.222 e. The van der Waals surface area contributed by atoms with Crippen LogP contribution in [-0.4, -0.2) is 33.1 Å². The molecule has 1 fully saturated rings. The van der Waals surface area contributed by atoms with Crippen molar-refractivity contribution < 1.29 is 4.79 Å². The minimum atomic E-state index is 0.181. The Bertz CT molecular complexity index is 465. The van der Waals surface area contributed by atoms with Crippen molar-refractivity contribution in [2.45, 2.75) is 26.3 Å². The Morgan fingerprint density at radius 1 is 1.30 bits per heavy atom. The van der Waals surface area contributed by atoms with Gasteiger partial charge in [0, 0.05) is 38.3 Å². The lowest BCUT2D eigenvalue weighted by atomic mass is 9.95. The van der Waals surface area contributed by atoms with Gasteiger partial charge in [-0.2, -0.15) is 0 Å². The summed E-state index contributed by atoms with van der Waals surface area (Å²) in [6.07, 6.45) is 1.88.